The van der Waals surface area contributed by atoms with Crippen LogP contribution in [0.5, 0.6) is 0 Å². The first-order chi connectivity index (χ1) is 8.70. The maximum atomic E-state index is 5.12. The van der Waals surface area contributed by atoms with Crippen LogP contribution in [0.25, 0.3) is 0 Å². The second-order valence-corrected chi connectivity index (χ2v) is 4.88. The Hall–Kier alpha value is -1.55. The SMILES string of the molecule is CCNC(c1ccn(Cc2ccno2)c1)C(C)C. The van der Waals surface area contributed by atoms with Crippen LogP contribution in [0, 0.1) is 5.92 Å². The Morgan fingerprint density at radius 2 is 2.22 bits per heavy atom. The second kappa shape index (κ2) is 5.87. The van der Waals surface area contributed by atoms with Gasteiger partial charge in [-0.05, 0) is 24.1 Å². The maximum absolute atomic E-state index is 5.12. The molecule has 0 radical (unpaired) electrons. The zero-order valence-corrected chi connectivity index (χ0v) is 11.3. The molecule has 2 heterocycles. The molecular formula is C14H21N3O. The highest BCUT2D eigenvalue weighted by atomic mass is 16.5. The van der Waals surface area contributed by atoms with Gasteiger partial charge in [0, 0.05) is 24.5 Å². The summed E-state index contributed by atoms with van der Waals surface area (Å²) >= 11 is 0. The third kappa shape index (κ3) is 3.01. The van der Waals surface area contributed by atoms with Crippen molar-refractivity contribution in [1.82, 2.24) is 15.0 Å². The molecule has 0 aliphatic carbocycles. The molecule has 0 amide bonds. The van der Waals surface area contributed by atoms with Crippen LogP contribution in [-0.4, -0.2) is 16.3 Å². The Morgan fingerprint density at radius 3 is 2.83 bits per heavy atom. The van der Waals surface area contributed by atoms with Crippen molar-refractivity contribution >= 4 is 0 Å². The van der Waals surface area contributed by atoms with Gasteiger partial charge >= 0.3 is 0 Å². The molecule has 2 aromatic heterocycles. The largest absolute Gasteiger partial charge is 0.359 e. The number of nitrogens with one attached hydrogen (secondary N) is 1. The molecule has 2 aromatic rings. The lowest BCUT2D eigenvalue weighted by Gasteiger charge is -2.20. The number of aromatic nitrogens is 2. The molecule has 4 heteroatoms. The summed E-state index contributed by atoms with van der Waals surface area (Å²) in [5, 5.41) is 7.24. The third-order valence-corrected chi connectivity index (χ3v) is 3.05. The molecule has 0 aromatic carbocycles. The third-order valence-electron chi connectivity index (χ3n) is 3.05. The quantitative estimate of drug-likeness (QED) is 0.853. The van der Waals surface area contributed by atoms with E-state index in [9.17, 15) is 0 Å². The van der Waals surface area contributed by atoms with Crippen molar-refractivity contribution in [3.63, 3.8) is 0 Å². The van der Waals surface area contributed by atoms with Crippen LogP contribution >= 0.6 is 0 Å². The molecular weight excluding hydrogens is 226 g/mol. The minimum absolute atomic E-state index is 0.408. The molecule has 0 saturated heterocycles. The van der Waals surface area contributed by atoms with E-state index in [1.807, 2.05) is 6.07 Å². The molecule has 0 aliphatic heterocycles. The number of rotatable bonds is 6. The normalized spacial score (nSPS) is 13.1. The number of hydrogen-bond donors (Lipinski definition) is 1. The van der Waals surface area contributed by atoms with Crippen molar-refractivity contribution < 1.29 is 4.52 Å². The molecule has 0 spiro atoms. The van der Waals surface area contributed by atoms with Gasteiger partial charge in [0.1, 0.15) is 0 Å². The molecule has 98 valence electrons. The lowest BCUT2D eigenvalue weighted by atomic mass is 9.98. The molecule has 2 rings (SSSR count). The van der Waals surface area contributed by atoms with E-state index in [-0.39, 0.29) is 0 Å². The zero-order chi connectivity index (χ0) is 13.0. The minimum atomic E-state index is 0.408. The predicted octanol–water partition coefficient (Wildman–Crippen LogP) is 2.83. The minimum Gasteiger partial charge on any atom is -0.359 e. The van der Waals surface area contributed by atoms with Crippen molar-refractivity contribution in [1.29, 1.82) is 0 Å². The molecule has 0 aliphatic rings. The number of nitrogens with zero attached hydrogens (tertiary/aromatic N) is 2. The first-order valence-corrected chi connectivity index (χ1v) is 6.49. The first-order valence-electron chi connectivity index (χ1n) is 6.49. The second-order valence-electron chi connectivity index (χ2n) is 4.88. The van der Waals surface area contributed by atoms with Crippen molar-refractivity contribution in [2.24, 2.45) is 5.92 Å². The predicted molar refractivity (Wildman–Crippen MR) is 71.3 cm³/mol. The van der Waals surface area contributed by atoms with E-state index in [2.05, 4.69) is 54.3 Å². The van der Waals surface area contributed by atoms with E-state index < -0.39 is 0 Å². The van der Waals surface area contributed by atoms with Crippen LogP contribution in [-0.2, 0) is 6.54 Å². The summed E-state index contributed by atoms with van der Waals surface area (Å²) in [5.74, 6) is 1.45. The van der Waals surface area contributed by atoms with Crippen LogP contribution in [0.4, 0.5) is 0 Å². The highest BCUT2D eigenvalue weighted by Crippen LogP contribution is 2.22. The van der Waals surface area contributed by atoms with Crippen molar-refractivity contribution in [3.8, 4) is 0 Å². The Bertz CT molecular complexity index is 459. The fourth-order valence-electron chi connectivity index (χ4n) is 2.20. The van der Waals surface area contributed by atoms with Crippen molar-refractivity contribution in [3.05, 3.63) is 42.0 Å². The molecule has 1 atom stereocenters. The standard InChI is InChI=1S/C14H21N3O/c1-4-15-14(11(2)3)12-6-8-17(9-12)10-13-5-7-16-18-13/h5-9,11,14-15H,4,10H2,1-3H3. The van der Waals surface area contributed by atoms with Gasteiger partial charge in [0.15, 0.2) is 5.76 Å². The average Bonchev–Trinajstić information content (AvgIpc) is 2.97. The van der Waals surface area contributed by atoms with Gasteiger partial charge in [0.05, 0.1) is 12.7 Å². The Labute approximate surface area is 108 Å². The molecule has 0 bridgehead atoms. The van der Waals surface area contributed by atoms with Gasteiger partial charge in [-0.1, -0.05) is 25.9 Å². The van der Waals surface area contributed by atoms with Crippen LogP contribution in [0.2, 0.25) is 0 Å². The van der Waals surface area contributed by atoms with Gasteiger partial charge < -0.3 is 14.4 Å². The summed E-state index contributed by atoms with van der Waals surface area (Å²) in [4.78, 5) is 0. The lowest BCUT2D eigenvalue weighted by Crippen LogP contribution is -2.25. The summed E-state index contributed by atoms with van der Waals surface area (Å²) in [6, 6.07) is 4.47. The first kappa shape index (κ1) is 12.9. The van der Waals surface area contributed by atoms with E-state index in [0.29, 0.717) is 12.0 Å². The number of hydrogen-bond acceptors (Lipinski definition) is 3. The van der Waals surface area contributed by atoms with E-state index in [1.54, 1.807) is 6.20 Å². The van der Waals surface area contributed by atoms with E-state index in [4.69, 9.17) is 4.52 Å². The van der Waals surface area contributed by atoms with Crippen LogP contribution < -0.4 is 5.32 Å². The van der Waals surface area contributed by atoms with Crippen LogP contribution in [0.3, 0.4) is 0 Å². The van der Waals surface area contributed by atoms with Gasteiger partial charge in [0.25, 0.3) is 0 Å². The van der Waals surface area contributed by atoms with Gasteiger partial charge in [0.2, 0.25) is 0 Å². The Morgan fingerprint density at radius 1 is 1.39 bits per heavy atom. The fourth-order valence-corrected chi connectivity index (χ4v) is 2.20. The van der Waals surface area contributed by atoms with Gasteiger partial charge in [-0.15, -0.1) is 0 Å². The van der Waals surface area contributed by atoms with Gasteiger partial charge in [-0.2, -0.15) is 0 Å². The maximum Gasteiger partial charge on any atom is 0.156 e. The van der Waals surface area contributed by atoms with Gasteiger partial charge in [-0.25, -0.2) is 0 Å². The van der Waals surface area contributed by atoms with Crippen molar-refractivity contribution in [2.45, 2.75) is 33.4 Å². The molecule has 18 heavy (non-hydrogen) atoms. The fraction of sp³-hybridized carbons (Fsp3) is 0.500. The summed E-state index contributed by atoms with van der Waals surface area (Å²) < 4.78 is 7.24. The van der Waals surface area contributed by atoms with E-state index in [1.165, 1.54) is 5.56 Å². The van der Waals surface area contributed by atoms with Crippen molar-refractivity contribution in [2.75, 3.05) is 6.54 Å². The summed E-state index contributed by atoms with van der Waals surface area (Å²) in [6.45, 7) is 8.33. The monoisotopic (exact) mass is 247 g/mol. The molecule has 1 N–H and O–H groups in total. The molecule has 4 nitrogen and oxygen atoms in total. The molecule has 1 unspecified atom stereocenters. The van der Waals surface area contributed by atoms with Gasteiger partial charge in [-0.3, -0.25) is 0 Å². The lowest BCUT2D eigenvalue weighted by molar-refractivity contribution is 0.376. The smallest absolute Gasteiger partial charge is 0.156 e. The molecule has 0 fully saturated rings. The van der Waals surface area contributed by atoms with Crippen LogP contribution in [0.15, 0.2) is 35.2 Å². The highest BCUT2D eigenvalue weighted by Gasteiger charge is 2.15. The van der Waals surface area contributed by atoms with Crippen LogP contribution in [0.1, 0.15) is 38.1 Å². The summed E-state index contributed by atoms with van der Waals surface area (Å²) in [7, 11) is 0. The Kier molecular flexibility index (Phi) is 4.20. The van der Waals surface area contributed by atoms with E-state index >= 15 is 0 Å². The average molecular weight is 247 g/mol. The summed E-state index contributed by atoms with van der Waals surface area (Å²) in [5.41, 5.74) is 1.33. The molecule has 0 saturated carbocycles. The zero-order valence-electron chi connectivity index (χ0n) is 11.3. The highest BCUT2D eigenvalue weighted by molar-refractivity contribution is 5.17. The Balaban J connectivity index is 2.08. The summed E-state index contributed by atoms with van der Waals surface area (Å²) in [6.07, 6.45) is 5.94. The van der Waals surface area contributed by atoms with E-state index in [0.717, 1.165) is 18.8 Å². The topological polar surface area (TPSA) is 43.0 Å².